The van der Waals surface area contributed by atoms with Crippen molar-refractivity contribution in [1.29, 1.82) is 0 Å². The van der Waals surface area contributed by atoms with Crippen LogP contribution in [0.3, 0.4) is 0 Å². The predicted octanol–water partition coefficient (Wildman–Crippen LogP) is 13.4. The molecule has 0 N–H and O–H groups in total. The van der Waals surface area contributed by atoms with Crippen molar-refractivity contribution in [2.45, 2.75) is 51.4 Å². The lowest BCUT2D eigenvalue weighted by molar-refractivity contribution is 0.331. The molecule has 3 aromatic heterocycles. The van der Waals surface area contributed by atoms with E-state index in [0.29, 0.717) is 17.6 Å². The Morgan fingerprint density at radius 1 is 0.397 bits per heavy atom. The van der Waals surface area contributed by atoms with Gasteiger partial charge in [-0.2, -0.15) is 9.97 Å². The van der Waals surface area contributed by atoms with Gasteiger partial charge >= 0.3 is 0 Å². The van der Waals surface area contributed by atoms with Crippen molar-refractivity contribution < 1.29 is 0 Å². The SMILES string of the molecule is CC1(C)CCC(C)(C)c2c(-n3c4ccccc4c4cc5c6ccccc6n(-c6nc(-c7ccccc7)nc(-c7cccc(-c8ccccc8)c7)n6)c5cc43)cccc21. The second-order valence-corrected chi connectivity index (χ2v) is 17.2. The van der Waals surface area contributed by atoms with Gasteiger partial charge in [-0.05, 0) is 82.3 Å². The van der Waals surface area contributed by atoms with Crippen molar-refractivity contribution in [3.05, 3.63) is 175 Å². The van der Waals surface area contributed by atoms with Gasteiger partial charge in [-0.15, -0.1) is 0 Å². The number of nitrogens with zero attached hydrogens (tertiary/aromatic N) is 5. The van der Waals surface area contributed by atoms with E-state index in [0.717, 1.165) is 50.5 Å². The molecule has 0 radical (unpaired) electrons. The van der Waals surface area contributed by atoms with E-state index in [2.05, 4.69) is 176 Å². The molecule has 0 amide bonds. The molecule has 1 aliphatic rings. The summed E-state index contributed by atoms with van der Waals surface area (Å²) in [5.74, 6) is 1.85. The zero-order valence-electron chi connectivity index (χ0n) is 33.2. The minimum absolute atomic E-state index is 0.0189. The van der Waals surface area contributed by atoms with Crippen LogP contribution in [-0.4, -0.2) is 24.1 Å². The van der Waals surface area contributed by atoms with E-state index < -0.39 is 0 Å². The quantitative estimate of drug-likeness (QED) is 0.176. The van der Waals surface area contributed by atoms with Gasteiger partial charge in [-0.25, -0.2) is 4.98 Å². The zero-order chi connectivity index (χ0) is 39.2. The highest BCUT2D eigenvalue weighted by atomic mass is 15.2. The van der Waals surface area contributed by atoms with Gasteiger partial charge in [0.05, 0.1) is 27.8 Å². The Labute approximate surface area is 338 Å². The van der Waals surface area contributed by atoms with E-state index in [1.54, 1.807) is 0 Å². The number of hydrogen-bond donors (Lipinski definition) is 0. The summed E-state index contributed by atoms with van der Waals surface area (Å²) in [7, 11) is 0. The predicted molar refractivity (Wildman–Crippen MR) is 240 cm³/mol. The second kappa shape index (κ2) is 12.8. The molecule has 58 heavy (non-hydrogen) atoms. The topological polar surface area (TPSA) is 48.5 Å². The number of rotatable bonds is 5. The first-order chi connectivity index (χ1) is 28.2. The molecular weight excluding hydrogens is 707 g/mol. The Morgan fingerprint density at radius 2 is 0.931 bits per heavy atom. The lowest BCUT2D eigenvalue weighted by Gasteiger charge is -2.43. The van der Waals surface area contributed by atoms with Crippen molar-refractivity contribution in [3.63, 3.8) is 0 Å². The molecule has 11 rings (SSSR count). The number of aromatic nitrogens is 5. The van der Waals surface area contributed by atoms with E-state index in [4.69, 9.17) is 15.0 Å². The molecule has 1 aliphatic carbocycles. The molecule has 0 saturated heterocycles. The highest BCUT2D eigenvalue weighted by molar-refractivity contribution is 6.19. The molecule has 10 aromatic rings. The van der Waals surface area contributed by atoms with Gasteiger partial charge in [-0.3, -0.25) is 4.57 Å². The van der Waals surface area contributed by atoms with Crippen molar-refractivity contribution in [2.75, 3.05) is 0 Å². The first-order valence-corrected chi connectivity index (χ1v) is 20.3. The largest absolute Gasteiger partial charge is 0.309 e. The monoisotopic (exact) mass is 749 g/mol. The summed E-state index contributed by atoms with van der Waals surface area (Å²) in [5, 5.41) is 4.80. The highest BCUT2D eigenvalue weighted by Gasteiger charge is 2.39. The average molecular weight is 750 g/mol. The third-order valence-electron chi connectivity index (χ3n) is 12.6. The van der Waals surface area contributed by atoms with Gasteiger partial charge in [0.15, 0.2) is 11.6 Å². The number of benzene rings is 7. The minimum Gasteiger partial charge on any atom is -0.309 e. The van der Waals surface area contributed by atoms with Gasteiger partial charge in [0.25, 0.3) is 0 Å². The molecule has 0 atom stereocenters. The molecular formula is C53H43N5. The normalized spacial score (nSPS) is 14.7. The van der Waals surface area contributed by atoms with E-state index >= 15 is 0 Å². The first kappa shape index (κ1) is 34.4. The summed E-state index contributed by atoms with van der Waals surface area (Å²) in [4.78, 5) is 15.8. The maximum absolute atomic E-state index is 5.34. The Hall–Kier alpha value is -6.85. The summed E-state index contributed by atoms with van der Waals surface area (Å²) in [6, 6.07) is 58.5. The van der Waals surface area contributed by atoms with E-state index in [9.17, 15) is 0 Å². The third kappa shape index (κ3) is 5.33. The zero-order valence-corrected chi connectivity index (χ0v) is 33.2. The van der Waals surface area contributed by atoms with Crippen molar-refractivity contribution in [3.8, 4) is 45.5 Å². The molecule has 5 heteroatoms. The van der Waals surface area contributed by atoms with Crippen LogP contribution in [0.1, 0.15) is 51.7 Å². The summed E-state index contributed by atoms with van der Waals surface area (Å²) in [6.45, 7) is 9.66. The van der Waals surface area contributed by atoms with Crippen LogP contribution in [0.5, 0.6) is 0 Å². The summed E-state index contributed by atoms with van der Waals surface area (Å²) < 4.78 is 4.77. The molecule has 7 aromatic carbocycles. The van der Waals surface area contributed by atoms with Crippen LogP contribution in [0.4, 0.5) is 0 Å². The van der Waals surface area contributed by atoms with Gasteiger partial charge in [0, 0.05) is 32.7 Å². The summed E-state index contributed by atoms with van der Waals surface area (Å²) >= 11 is 0. The fraction of sp³-hybridized carbons (Fsp3) is 0.151. The van der Waals surface area contributed by atoms with Crippen molar-refractivity contribution in [1.82, 2.24) is 24.1 Å². The molecule has 0 aliphatic heterocycles. The van der Waals surface area contributed by atoms with Gasteiger partial charge in [0.2, 0.25) is 5.95 Å². The number of hydrogen-bond acceptors (Lipinski definition) is 3. The second-order valence-electron chi connectivity index (χ2n) is 17.2. The fourth-order valence-electron chi connectivity index (χ4n) is 9.57. The van der Waals surface area contributed by atoms with Crippen LogP contribution in [-0.2, 0) is 10.8 Å². The number of fused-ring (bicyclic) bond motifs is 7. The summed E-state index contributed by atoms with van der Waals surface area (Å²) in [5.41, 5.74) is 12.9. The average Bonchev–Trinajstić information content (AvgIpc) is 3.76. The Bertz CT molecular complexity index is 3220. The highest BCUT2D eigenvalue weighted by Crippen LogP contribution is 2.49. The van der Waals surface area contributed by atoms with E-state index in [-0.39, 0.29) is 10.8 Å². The smallest absolute Gasteiger partial charge is 0.238 e. The molecule has 3 heterocycles. The Kier molecular flexibility index (Phi) is 7.61. The fourth-order valence-corrected chi connectivity index (χ4v) is 9.57. The minimum atomic E-state index is 0.0189. The molecule has 0 spiro atoms. The maximum atomic E-state index is 5.34. The summed E-state index contributed by atoms with van der Waals surface area (Å²) in [6.07, 6.45) is 2.30. The van der Waals surface area contributed by atoms with Gasteiger partial charge < -0.3 is 4.57 Å². The van der Waals surface area contributed by atoms with Crippen LogP contribution >= 0.6 is 0 Å². The lowest BCUT2D eigenvalue weighted by Crippen LogP contribution is -2.35. The standard InChI is InChI=1S/C53H43N5/c1-52(2)29-30-53(3,4)48-42(52)25-16-28-45(48)57-43-26-13-11-23-38(43)40-32-41-39-24-12-14-27-44(39)58(47(41)33-46(40)57)51-55-49(35-19-9-6-10-20-35)54-50(56-51)37-22-15-21-36(31-37)34-17-7-5-8-18-34/h5-28,31-33H,29-30H2,1-4H3. The molecule has 0 fully saturated rings. The molecule has 280 valence electrons. The third-order valence-corrected chi connectivity index (χ3v) is 12.6. The Balaban J connectivity index is 1.22. The van der Waals surface area contributed by atoms with Crippen molar-refractivity contribution in [2.24, 2.45) is 0 Å². The lowest BCUT2D eigenvalue weighted by atomic mass is 9.62. The van der Waals surface area contributed by atoms with Crippen LogP contribution in [0, 0.1) is 0 Å². The number of para-hydroxylation sites is 2. The van der Waals surface area contributed by atoms with E-state index in [1.807, 2.05) is 24.3 Å². The van der Waals surface area contributed by atoms with Gasteiger partial charge in [0.1, 0.15) is 0 Å². The van der Waals surface area contributed by atoms with E-state index in [1.165, 1.54) is 45.0 Å². The van der Waals surface area contributed by atoms with Crippen molar-refractivity contribution >= 4 is 43.6 Å². The first-order valence-electron chi connectivity index (χ1n) is 20.3. The maximum Gasteiger partial charge on any atom is 0.238 e. The van der Waals surface area contributed by atoms with Crippen LogP contribution in [0.25, 0.3) is 89.2 Å². The molecule has 0 saturated carbocycles. The Morgan fingerprint density at radius 3 is 1.64 bits per heavy atom. The molecule has 5 nitrogen and oxygen atoms in total. The molecule has 0 unspecified atom stereocenters. The van der Waals surface area contributed by atoms with Gasteiger partial charge in [-0.1, -0.05) is 155 Å². The molecule has 0 bridgehead atoms. The van der Waals surface area contributed by atoms with Crippen LogP contribution < -0.4 is 0 Å². The van der Waals surface area contributed by atoms with Crippen LogP contribution in [0.15, 0.2) is 164 Å². The van der Waals surface area contributed by atoms with Crippen LogP contribution in [0.2, 0.25) is 0 Å².